The average Bonchev–Trinajstić information content (AvgIpc) is 2.47. The molecule has 0 fully saturated rings. The van der Waals surface area contributed by atoms with Gasteiger partial charge in [0.2, 0.25) is 0 Å². The highest BCUT2D eigenvalue weighted by molar-refractivity contribution is 5.04. The van der Waals surface area contributed by atoms with Gasteiger partial charge < -0.3 is 14.6 Å². The highest BCUT2D eigenvalue weighted by Crippen LogP contribution is 2.14. The number of rotatable bonds is 13. The SMILES string of the molecule is C=CCCCCCOC/C(C)=C\[C@@H](C)[C@H](O)[C@H](C=C)OC. The zero-order chi connectivity index (χ0) is 16.1. The van der Waals surface area contributed by atoms with E-state index in [1.165, 1.54) is 12.8 Å². The lowest BCUT2D eigenvalue weighted by Gasteiger charge is -2.22. The minimum absolute atomic E-state index is 0.00383. The molecule has 0 aromatic carbocycles. The van der Waals surface area contributed by atoms with Crippen molar-refractivity contribution >= 4 is 0 Å². The van der Waals surface area contributed by atoms with Gasteiger partial charge in [-0.2, -0.15) is 0 Å². The van der Waals surface area contributed by atoms with Crippen LogP contribution in [0.5, 0.6) is 0 Å². The van der Waals surface area contributed by atoms with E-state index in [-0.39, 0.29) is 12.0 Å². The van der Waals surface area contributed by atoms with Crippen LogP contribution in [0.4, 0.5) is 0 Å². The molecule has 0 spiro atoms. The van der Waals surface area contributed by atoms with Gasteiger partial charge in [-0.15, -0.1) is 13.2 Å². The number of aliphatic hydroxyl groups is 1. The molecule has 0 saturated heterocycles. The van der Waals surface area contributed by atoms with Crippen LogP contribution in [0.25, 0.3) is 0 Å². The Balaban J connectivity index is 3.95. The number of hydrogen-bond donors (Lipinski definition) is 1. The quantitative estimate of drug-likeness (QED) is 0.414. The first-order valence-electron chi connectivity index (χ1n) is 7.76. The molecule has 0 unspecified atom stereocenters. The van der Waals surface area contributed by atoms with Gasteiger partial charge in [0.25, 0.3) is 0 Å². The normalized spacial score (nSPS) is 16.3. The van der Waals surface area contributed by atoms with E-state index in [1.807, 2.05) is 26.0 Å². The first-order valence-corrected chi connectivity index (χ1v) is 7.76. The molecule has 0 aliphatic carbocycles. The maximum Gasteiger partial charge on any atom is 0.101 e. The third kappa shape index (κ3) is 9.62. The van der Waals surface area contributed by atoms with E-state index in [2.05, 4.69) is 13.2 Å². The molecule has 0 amide bonds. The first-order chi connectivity index (χ1) is 10.1. The lowest BCUT2D eigenvalue weighted by atomic mass is 9.97. The second kappa shape index (κ2) is 12.8. The molecule has 0 aromatic heterocycles. The maximum absolute atomic E-state index is 10.1. The zero-order valence-corrected chi connectivity index (χ0v) is 13.9. The van der Waals surface area contributed by atoms with E-state index in [9.17, 15) is 5.11 Å². The molecule has 3 nitrogen and oxygen atoms in total. The second-order valence-corrected chi connectivity index (χ2v) is 5.49. The molecule has 0 heterocycles. The molecule has 0 aromatic rings. The van der Waals surface area contributed by atoms with Gasteiger partial charge in [-0.1, -0.05) is 37.1 Å². The van der Waals surface area contributed by atoms with Crippen LogP contribution in [0.2, 0.25) is 0 Å². The van der Waals surface area contributed by atoms with E-state index >= 15 is 0 Å². The van der Waals surface area contributed by atoms with Crippen molar-refractivity contribution < 1.29 is 14.6 Å². The van der Waals surface area contributed by atoms with Gasteiger partial charge in [0.05, 0.1) is 12.7 Å². The van der Waals surface area contributed by atoms with Crippen molar-refractivity contribution in [3.63, 3.8) is 0 Å². The largest absolute Gasteiger partial charge is 0.389 e. The first kappa shape index (κ1) is 20.1. The zero-order valence-electron chi connectivity index (χ0n) is 13.9. The summed E-state index contributed by atoms with van der Waals surface area (Å²) < 4.78 is 10.8. The molecule has 3 heteroatoms. The average molecular weight is 296 g/mol. The fraction of sp³-hybridized carbons (Fsp3) is 0.667. The number of allylic oxidation sites excluding steroid dienone is 1. The van der Waals surface area contributed by atoms with Crippen LogP contribution in [0.1, 0.15) is 39.5 Å². The van der Waals surface area contributed by atoms with Crippen molar-refractivity contribution in [2.24, 2.45) is 5.92 Å². The molecule has 0 aliphatic rings. The molecule has 0 radical (unpaired) electrons. The minimum atomic E-state index is -0.582. The van der Waals surface area contributed by atoms with Gasteiger partial charge in [0.15, 0.2) is 0 Å². The monoisotopic (exact) mass is 296 g/mol. The van der Waals surface area contributed by atoms with Crippen LogP contribution >= 0.6 is 0 Å². The van der Waals surface area contributed by atoms with Gasteiger partial charge in [-0.25, -0.2) is 0 Å². The standard InChI is InChI=1S/C18H32O3/c1-6-8-9-10-11-12-21-14-15(3)13-16(4)18(19)17(7-2)20-5/h6-7,13,16-19H,1-2,8-12,14H2,3-5H3/b15-13-/t16-,17+,18+/m1/s1. The van der Waals surface area contributed by atoms with E-state index in [0.717, 1.165) is 25.0 Å². The Kier molecular flexibility index (Phi) is 12.3. The molecule has 3 atom stereocenters. The maximum atomic E-state index is 10.1. The molecule has 0 saturated carbocycles. The summed E-state index contributed by atoms with van der Waals surface area (Å²) in [6, 6.07) is 0. The summed E-state index contributed by atoms with van der Waals surface area (Å²) in [6.07, 6.45) is 9.23. The van der Waals surface area contributed by atoms with Crippen LogP contribution in [0.3, 0.4) is 0 Å². The van der Waals surface area contributed by atoms with Gasteiger partial charge in [-0.05, 0) is 26.2 Å². The Morgan fingerprint density at radius 3 is 2.52 bits per heavy atom. The van der Waals surface area contributed by atoms with Gasteiger partial charge in [0, 0.05) is 19.6 Å². The minimum Gasteiger partial charge on any atom is -0.389 e. The predicted molar refractivity (Wildman–Crippen MR) is 89.4 cm³/mol. The van der Waals surface area contributed by atoms with Crippen LogP contribution in [0.15, 0.2) is 37.0 Å². The van der Waals surface area contributed by atoms with Crippen LogP contribution in [0, 0.1) is 5.92 Å². The third-order valence-electron chi connectivity index (χ3n) is 3.45. The fourth-order valence-electron chi connectivity index (χ4n) is 2.17. The van der Waals surface area contributed by atoms with Gasteiger partial charge >= 0.3 is 0 Å². The highest BCUT2D eigenvalue weighted by Gasteiger charge is 2.20. The smallest absolute Gasteiger partial charge is 0.101 e. The van der Waals surface area contributed by atoms with Crippen LogP contribution in [-0.4, -0.2) is 37.6 Å². The van der Waals surface area contributed by atoms with Crippen molar-refractivity contribution in [2.75, 3.05) is 20.3 Å². The summed E-state index contributed by atoms with van der Waals surface area (Å²) in [5, 5.41) is 10.1. The fourth-order valence-corrected chi connectivity index (χ4v) is 2.17. The molecule has 0 aliphatic heterocycles. The Labute approximate surface area is 130 Å². The van der Waals surface area contributed by atoms with Gasteiger partial charge in [-0.3, -0.25) is 0 Å². The predicted octanol–water partition coefficient (Wildman–Crippen LogP) is 3.89. The number of ether oxygens (including phenoxy) is 2. The molecular weight excluding hydrogens is 264 g/mol. The second-order valence-electron chi connectivity index (χ2n) is 5.49. The molecule has 21 heavy (non-hydrogen) atoms. The molecule has 0 rings (SSSR count). The number of hydrogen-bond acceptors (Lipinski definition) is 3. The summed E-state index contributed by atoms with van der Waals surface area (Å²) in [6.45, 7) is 12.8. The number of aliphatic hydroxyl groups excluding tert-OH is 1. The summed E-state index contributed by atoms with van der Waals surface area (Å²) in [5.74, 6) is 0.00383. The molecular formula is C18H32O3. The van der Waals surface area contributed by atoms with E-state index < -0.39 is 6.10 Å². The molecule has 1 N–H and O–H groups in total. The summed E-state index contributed by atoms with van der Waals surface area (Å²) in [5.41, 5.74) is 1.13. The van der Waals surface area contributed by atoms with Crippen molar-refractivity contribution in [3.05, 3.63) is 37.0 Å². The number of unbranched alkanes of at least 4 members (excludes halogenated alkanes) is 3. The lowest BCUT2D eigenvalue weighted by molar-refractivity contribution is -0.00169. The highest BCUT2D eigenvalue weighted by atomic mass is 16.5. The van der Waals surface area contributed by atoms with Crippen LogP contribution < -0.4 is 0 Å². The third-order valence-corrected chi connectivity index (χ3v) is 3.45. The molecule has 122 valence electrons. The summed E-state index contributed by atoms with van der Waals surface area (Å²) >= 11 is 0. The Morgan fingerprint density at radius 2 is 1.95 bits per heavy atom. The Morgan fingerprint density at radius 1 is 1.24 bits per heavy atom. The van der Waals surface area contributed by atoms with E-state index in [1.54, 1.807) is 13.2 Å². The van der Waals surface area contributed by atoms with Crippen molar-refractivity contribution in [1.29, 1.82) is 0 Å². The summed E-state index contributed by atoms with van der Waals surface area (Å²) in [4.78, 5) is 0. The van der Waals surface area contributed by atoms with E-state index in [0.29, 0.717) is 6.61 Å². The van der Waals surface area contributed by atoms with Crippen LogP contribution in [-0.2, 0) is 9.47 Å². The topological polar surface area (TPSA) is 38.7 Å². The lowest BCUT2D eigenvalue weighted by Crippen LogP contribution is -2.31. The molecule has 0 bridgehead atoms. The summed E-state index contributed by atoms with van der Waals surface area (Å²) in [7, 11) is 1.58. The Bertz CT molecular complexity index is 310. The van der Waals surface area contributed by atoms with Gasteiger partial charge in [0.1, 0.15) is 6.10 Å². The van der Waals surface area contributed by atoms with Crippen molar-refractivity contribution in [2.45, 2.75) is 51.7 Å². The Hall–Kier alpha value is -0.900. The van der Waals surface area contributed by atoms with E-state index in [4.69, 9.17) is 9.47 Å². The van der Waals surface area contributed by atoms with Crippen molar-refractivity contribution in [1.82, 2.24) is 0 Å². The van der Waals surface area contributed by atoms with Crippen molar-refractivity contribution in [3.8, 4) is 0 Å². The number of methoxy groups -OCH3 is 1.